The molecule has 0 fully saturated rings. The van der Waals surface area contributed by atoms with Crippen LogP contribution in [0.15, 0.2) is 12.4 Å². The third kappa shape index (κ3) is 3.27. The molecule has 0 atom stereocenters. The molecule has 1 rings (SSSR count). The van der Waals surface area contributed by atoms with E-state index >= 15 is 0 Å². The number of aromatic nitrogens is 2. The number of aryl methyl sites for hydroxylation is 1. The third-order valence-corrected chi connectivity index (χ3v) is 1.41. The number of hydrogen-bond acceptors (Lipinski definition) is 2. The molecule has 0 saturated carbocycles. The van der Waals surface area contributed by atoms with E-state index in [-0.39, 0.29) is 12.1 Å². The van der Waals surface area contributed by atoms with E-state index in [9.17, 15) is 18.0 Å². The van der Waals surface area contributed by atoms with Crippen LogP contribution in [0.4, 0.5) is 13.2 Å². The lowest BCUT2D eigenvalue weighted by molar-refractivity contribution is -0.137. The predicted molar refractivity (Wildman–Crippen MR) is 38.3 cm³/mol. The van der Waals surface area contributed by atoms with E-state index in [0.717, 1.165) is 4.68 Å². The molecule has 6 heteroatoms. The average molecular weight is 192 g/mol. The smallest absolute Gasteiger partial charge is 0.298 e. The Kier molecular flexibility index (Phi) is 2.69. The maximum Gasteiger partial charge on any atom is 0.390 e. The van der Waals surface area contributed by atoms with Gasteiger partial charge in [0.1, 0.15) is 0 Å². The Hall–Kier alpha value is -1.33. The maximum absolute atomic E-state index is 11.7. The van der Waals surface area contributed by atoms with Gasteiger partial charge in [-0.3, -0.25) is 9.48 Å². The van der Waals surface area contributed by atoms with Gasteiger partial charge in [-0.05, 0) is 0 Å². The van der Waals surface area contributed by atoms with Crippen molar-refractivity contribution in [2.45, 2.75) is 19.1 Å². The van der Waals surface area contributed by atoms with Crippen LogP contribution in [0.3, 0.4) is 0 Å². The Morgan fingerprint density at radius 1 is 1.54 bits per heavy atom. The van der Waals surface area contributed by atoms with Gasteiger partial charge in [0.2, 0.25) is 0 Å². The minimum absolute atomic E-state index is 0.253. The van der Waals surface area contributed by atoms with Gasteiger partial charge >= 0.3 is 6.18 Å². The fraction of sp³-hybridized carbons (Fsp3) is 0.429. The largest absolute Gasteiger partial charge is 0.390 e. The van der Waals surface area contributed by atoms with E-state index in [4.69, 9.17) is 0 Å². The van der Waals surface area contributed by atoms with Crippen LogP contribution in [0.5, 0.6) is 0 Å². The fourth-order valence-electron chi connectivity index (χ4n) is 0.804. The predicted octanol–water partition coefficient (Wildman–Crippen LogP) is 1.65. The van der Waals surface area contributed by atoms with Crippen molar-refractivity contribution in [1.29, 1.82) is 0 Å². The van der Waals surface area contributed by atoms with Crippen molar-refractivity contribution in [3.8, 4) is 0 Å². The summed E-state index contributed by atoms with van der Waals surface area (Å²) in [5, 5.41) is 3.58. The van der Waals surface area contributed by atoms with Crippen molar-refractivity contribution in [3.05, 3.63) is 18.0 Å². The molecule has 13 heavy (non-hydrogen) atoms. The molecule has 0 aliphatic rings. The van der Waals surface area contributed by atoms with Gasteiger partial charge in [0, 0.05) is 12.7 Å². The fourth-order valence-corrected chi connectivity index (χ4v) is 0.804. The van der Waals surface area contributed by atoms with Crippen LogP contribution in [-0.4, -0.2) is 22.2 Å². The lowest BCUT2D eigenvalue weighted by Crippen LogP contribution is -2.12. The number of halogens is 3. The second-order valence-corrected chi connectivity index (χ2v) is 2.52. The Labute approximate surface area is 72.2 Å². The molecular formula is C7H7F3N2O. The van der Waals surface area contributed by atoms with Gasteiger partial charge in [0.25, 0.3) is 0 Å². The average Bonchev–Trinajstić information content (AvgIpc) is 2.47. The molecule has 1 aromatic rings. The van der Waals surface area contributed by atoms with Gasteiger partial charge in [-0.25, -0.2) is 0 Å². The van der Waals surface area contributed by atoms with Crippen LogP contribution in [0.25, 0.3) is 0 Å². The first-order valence-electron chi connectivity index (χ1n) is 3.55. The van der Waals surface area contributed by atoms with Gasteiger partial charge in [0.15, 0.2) is 6.29 Å². The van der Waals surface area contributed by atoms with Crippen molar-refractivity contribution in [2.24, 2.45) is 0 Å². The van der Waals surface area contributed by atoms with E-state index in [1.54, 1.807) is 0 Å². The highest BCUT2D eigenvalue weighted by Gasteiger charge is 2.26. The number of carbonyl (C=O) groups is 1. The summed E-state index contributed by atoms with van der Waals surface area (Å²) in [7, 11) is 0. The summed E-state index contributed by atoms with van der Waals surface area (Å²) < 4.78 is 36.3. The minimum Gasteiger partial charge on any atom is -0.298 e. The van der Waals surface area contributed by atoms with Crippen LogP contribution >= 0.6 is 0 Å². The summed E-state index contributed by atoms with van der Waals surface area (Å²) >= 11 is 0. The van der Waals surface area contributed by atoms with Crippen LogP contribution in [0.2, 0.25) is 0 Å². The Morgan fingerprint density at radius 3 is 2.69 bits per heavy atom. The topological polar surface area (TPSA) is 34.9 Å². The number of aldehydes is 1. The van der Waals surface area contributed by atoms with Crippen molar-refractivity contribution in [1.82, 2.24) is 9.78 Å². The van der Waals surface area contributed by atoms with E-state index in [1.165, 1.54) is 12.4 Å². The van der Waals surface area contributed by atoms with Gasteiger partial charge in [-0.2, -0.15) is 18.3 Å². The summed E-state index contributed by atoms with van der Waals surface area (Å²) in [6.45, 7) is -0.253. The summed E-state index contributed by atoms with van der Waals surface area (Å²) in [6.07, 6.45) is -2.08. The molecule has 0 spiro atoms. The standard InChI is InChI=1S/C7H7F3N2O/c8-7(9,10)1-2-12-4-6(5-13)3-11-12/h3-5H,1-2H2. The molecule has 0 aromatic carbocycles. The molecule has 0 N–H and O–H groups in total. The molecule has 0 unspecified atom stereocenters. The summed E-state index contributed by atoms with van der Waals surface area (Å²) in [5.74, 6) is 0. The van der Waals surface area contributed by atoms with Gasteiger partial charge < -0.3 is 0 Å². The van der Waals surface area contributed by atoms with Gasteiger partial charge in [0.05, 0.1) is 18.2 Å². The first kappa shape index (κ1) is 9.76. The van der Waals surface area contributed by atoms with Crippen molar-refractivity contribution < 1.29 is 18.0 Å². The SMILES string of the molecule is O=Cc1cnn(CCC(F)(F)F)c1. The number of alkyl halides is 3. The molecule has 0 aliphatic heterocycles. The molecule has 1 aromatic heterocycles. The molecule has 0 aliphatic carbocycles. The highest BCUT2D eigenvalue weighted by Crippen LogP contribution is 2.19. The highest BCUT2D eigenvalue weighted by atomic mass is 19.4. The van der Waals surface area contributed by atoms with Crippen LogP contribution < -0.4 is 0 Å². The first-order chi connectivity index (χ1) is 6.01. The minimum atomic E-state index is -4.19. The quantitative estimate of drug-likeness (QED) is 0.682. The number of rotatable bonds is 3. The van der Waals surface area contributed by atoms with Crippen LogP contribution in [0.1, 0.15) is 16.8 Å². The third-order valence-electron chi connectivity index (χ3n) is 1.41. The number of hydrogen-bond donors (Lipinski definition) is 0. The van der Waals surface area contributed by atoms with Crippen LogP contribution in [-0.2, 0) is 6.54 Å². The molecule has 0 amide bonds. The molecule has 0 radical (unpaired) electrons. The molecule has 0 bridgehead atoms. The normalized spacial score (nSPS) is 11.6. The lowest BCUT2D eigenvalue weighted by atomic mass is 10.4. The molecule has 72 valence electrons. The van der Waals surface area contributed by atoms with E-state index in [1.807, 2.05) is 0 Å². The second-order valence-electron chi connectivity index (χ2n) is 2.52. The van der Waals surface area contributed by atoms with Crippen molar-refractivity contribution in [2.75, 3.05) is 0 Å². The number of carbonyl (C=O) groups excluding carboxylic acids is 1. The summed E-state index contributed by atoms with van der Waals surface area (Å²) in [5.41, 5.74) is 0.280. The monoisotopic (exact) mass is 192 g/mol. The lowest BCUT2D eigenvalue weighted by Gasteiger charge is -2.05. The summed E-state index contributed by atoms with van der Waals surface area (Å²) in [4.78, 5) is 10.1. The zero-order valence-electron chi connectivity index (χ0n) is 6.58. The Bertz CT molecular complexity index is 292. The Balaban J connectivity index is 2.50. The highest BCUT2D eigenvalue weighted by molar-refractivity contribution is 5.73. The van der Waals surface area contributed by atoms with Gasteiger partial charge in [-0.1, -0.05) is 0 Å². The van der Waals surface area contributed by atoms with Crippen molar-refractivity contribution in [3.63, 3.8) is 0 Å². The first-order valence-corrected chi connectivity index (χ1v) is 3.55. The zero-order valence-corrected chi connectivity index (χ0v) is 6.58. The van der Waals surface area contributed by atoms with E-state index in [0.29, 0.717) is 6.29 Å². The van der Waals surface area contributed by atoms with Gasteiger partial charge in [-0.15, -0.1) is 0 Å². The molecular weight excluding hydrogens is 185 g/mol. The molecule has 1 heterocycles. The Morgan fingerprint density at radius 2 is 2.23 bits per heavy atom. The zero-order chi connectivity index (χ0) is 9.90. The van der Waals surface area contributed by atoms with E-state index < -0.39 is 12.6 Å². The second kappa shape index (κ2) is 3.59. The maximum atomic E-state index is 11.7. The van der Waals surface area contributed by atoms with Crippen LogP contribution in [0, 0.1) is 0 Å². The molecule has 3 nitrogen and oxygen atoms in total. The summed E-state index contributed by atoms with van der Waals surface area (Å²) in [6, 6.07) is 0. The molecule has 0 saturated heterocycles. The number of nitrogens with zero attached hydrogens (tertiary/aromatic N) is 2. The van der Waals surface area contributed by atoms with E-state index in [2.05, 4.69) is 5.10 Å². The van der Waals surface area contributed by atoms with Crippen molar-refractivity contribution >= 4 is 6.29 Å².